The van der Waals surface area contributed by atoms with E-state index in [0.29, 0.717) is 0 Å². The van der Waals surface area contributed by atoms with Crippen LogP contribution in [-0.4, -0.2) is 0 Å². The predicted molar refractivity (Wildman–Crippen MR) is 51.6 cm³/mol. The van der Waals surface area contributed by atoms with Crippen LogP contribution in [0.15, 0.2) is 18.2 Å². The molecule has 0 spiro atoms. The molecule has 0 saturated heterocycles. The van der Waals surface area contributed by atoms with Gasteiger partial charge >= 0.3 is 0 Å². The summed E-state index contributed by atoms with van der Waals surface area (Å²) in [5.74, 6) is 5.31. The second-order valence-electron chi connectivity index (χ2n) is 2.37. The van der Waals surface area contributed by atoms with Crippen LogP contribution >= 0.6 is 15.9 Å². The summed E-state index contributed by atoms with van der Waals surface area (Å²) in [6.07, 6.45) is 0. The van der Waals surface area contributed by atoms with Gasteiger partial charge in [-0.25, -0.2) is 0 Å². The van der Waals surface area contributed by atoms with Crippen LogP contribution in [-0.2, 0) is 5.33 Å². The molecular weight excluding hydrogens is 204 g/mol. The molecule has 0 aliphatic heterocycles. The molecule has 1 aromatic carbocycles. The standard InChI is InChI=1S/C8H11BrN2/c1-6-7(5-9)3-2-4-8(6)11-10/h2-4,11H,5,10H2,1H3. The van der Waals surface area contributed by atoms with Gasteiger partial charge in [0.2, 0.25) is 0 Å². The van der Waals surface area contributed by atoms with Crippen molar-refractivity contribution in [3.63, 3.8) is 0 Å². The Morgan fingerprint density at radius 3 is 2.82 bits per heavy atom. The molecule has 0 saturated carbocycles. The fourth-order valence-corrected chi connectivity index (χ4v) is 1.59. The van der Waals surface area contributed by atoms with Crippen molar-refractivity contribution in [2.24, 2.45) is 5.84 Å². The fraction of sp³-hybridized carbons (Fsp3) is 0.250. The molecule has 0 bridgehead atoms. The van der Waals surface area contributed by atoms with E-state index in [4.69, 9.17) is 5.84 Å². The topological polar surface area (TPSA) is 38.0 Å². The molecule has 1 rings (SSSR count). The Morgan fingerprint density at radius 2 is 2.27 bits per heavy atom. The highest BCUT2D eigenvalue weighted by Gasteiger charge is 1.99. The van der Waals surface area contributed by atoms with Gasteiger partial charge in [-0.2, -0.15) is 0 Å². The van der Waals surface area contributed by atoms with Crippen LogP contribution in [0.5, 0.6) is 0 Å². The zero-order valence-electron chi connectivity index (χ0n) is 6.39. The van der Waals surface area contributed by atoms with Crippen molar-refractivity contribution in [3.05, 3.63) is 29.3 Å². The maximum Gasteiger partial charge on any atom is 0.0517 e. The third-order valence-corrected chi connectivity index (χ3v) is 2.35. The third-order valence-electron chi connectivity index (χ3n) is 1.75. The highest BCUT2D eigenvalue weighted by Crippen LogP contribution is 2.19. The molecule has 0 aromatic heterocycles. The van der Waals surface area contributed by atoms with Crippen molar-refractivity contribution in [2.45, 2.75) is 12.3 Å². The summed E-state index contributed by atoms with van der Waals surface area (Å²) >= 11 is 3.40. The van der Waals surface area contributed by atoms with Gasteiger partial charge in [-0.3, -0.25) is 5.84 Å². The highest BCUT2D eigenvalue weighted by atomic mass is 79.9. The zero-order chi connectivity index (χ0) is 8.27. The summed E-state index contributed by atoms with van der Waals surface area (Å²) in [4.78, 5) is 0. The monoisotopic (exact) mass is 214 g/mol. The molecule has 0 fully saturated rings. The molecule has 0 aliphatic carbocycles. The lowest BCUT2D eigenvalue weighted by Crippen LogP contribution is -2.08. The SMILES string of the molecule is Cc1c(CBr)cccc1NN. The molecule has 0 atom stereocenters. The van der Waals surface area contributed by atoms with Crippen molar-refractivity contribution < 1.29 is 0 Å². The molecule has 3 heteroatoms. The maximum absolute atomic E-state index is 5.31. The summed E-state index contributed by atoms with van der Waals surface area (Å²) in [5.41, 5.74) is 6.10. The van der Waals surface area contributed by atoms with Gasteiger partial charge in [-0.1, -0.05) is 28.1 Å². The first kappa shape index (κ1) is 8.56. The summed E-state index contributed by atoms with van der Waals surface area (Å²) in [6, 6.07) is 6.02. The minimum absolute atomic E-state index is 0.869. The van der Waals surface area contributed by atoms with Crippen molar-refractivity contribution in [2.75, 3.05) is 5.43 Å². The number of alkyl halides is 1. The summed E-state index contributed by atoms with van der Waals surface area (Å²) < 4.78 is 0. The predicted octanol–water partition coefficient (Wildman–Crippen LogP) is 2.18. The van der Waals surface area contributed by atoms with Gasteiger partial charge in [0.05, 0.1) is 5.69 Å². The molecule has 3 N–H and O–H groups in total. The fourth-order valence-electron chi connectivity index (χ4n) is 0.985. The van der Waals surface area contributed by atoms with Gasteiger partial charge in [-0.15, -0.1) is 0 Å². The van der Waals surface area contributed by atoms with E-state index < -0.39 is 0 Å². The minimum atomic E-state index is 0.869. The number of nitrogens with one attached hydrogen (secondary N) is 1. The Labute approximate surface area is 74.9 Å². The maximum atomic E-state index is 5.31. The number of halogens is 1. The van der Waals surface area contributed by atoms with E-state index >= 15 is 0 Å². The van der Waals surface area contributed by atoms with E-state index in [0.717, 1.165) is 11.0 Å². The number of anilines is 1. The first-order valence-corrected chi connectivity index (χ1v) is 4.52. The first-order valence-electron chi connectivity index (χ1n) is 3.40. The number of hydrogen-bond acceptors (Lipinski definition) is 2. The van der Waals surface area contributed by atoms with Crippen molar-refractivity contribution in [1.82, 2.24) is 0 Å². The average Bonchev–Trinajstić information content (AvgIpc) is 2.05. The summed E-state index contributed by atoms with van der Waals surface area (Å²) in [6.45, 7) is 2.05. The largest absolute Gasteiger partial charge is 0.324 e. The van der Waals surface area contributed by atoms with E-state index in [1.165, 1.54) is 11.1 Å². The molecule has 0 unspecified atom stereocenters. The molecule has 11 heavy (non-hydrogen) atoms. The molecule has 0 heterocycles. The Balaban J connectivity index is 3.10. The van der Waals surface area contributed by atoms with Crippen LogP contribution in [0.4, 0.5) is 5.69 Å². The normalized spacial score (nSPS) is 9.73. The zero-order valence-corrected chi connectivity index (χ0v) is 7.98. The lowest BCUT2D eigenvalue weighted by atomic mass is 10.1. The number of rotatable bonds is 2. The van der Waals surface area contributed by atoms with Gasteiger partial charge in [0.15, 0.2) is 0 Å². The van der Waals surface area contributed by atoms with Crippen LogP contribution in [0.3, 0.4) is 0 Å². The molecular formula is C8H11BrN2. The van der Waals surface area contributed by atoms with Crippen molar-refractivity contribution in [1.29, 1.82) is 0 Å². The van der Waals surface area contributed by atoms with Crippen LogP contribution in [0, 0.1) is 6.92 Å². The number of benzene rings is 1. The molecule has 0 radical (unpaired) electrons. The second-order valence-corrected chi connectivity index (χ2v) is 2.93. The van der Waals surface area contributed by atoms with Gasteiger partial charge in [-0.05, 0) is 24.1 Å². The quantitative estimate of drug-likeness (QED) is 0.450. The Hall–Kier alpha value is -0.540. The van der Waals surface area contributed by atoms with Gasteiger partial charge in [0, 0.05) is 5.33 Å². The smallest absolute Gasteiger partial charge is 0.0517 e. The molecule has 0 amide bonds. The van der Waals surface area contributed by atoms with E-state index in [1.54, 1.807) is 0 Å². The Morgan fingerprint density at radius 1 is 1.55 bits per heavy atom. The third kappa shape index (κ3) is 1.73. The van der Waals surface area contributed by atoms with Crippen LogP contribution in [0.25, 0.3) is 0 Å². The van der Waals surface area contributed by atoms with Gasteiger partial charge in [0.1, 0.15) is 0 Å². The Kier molecular flexibility index (Phi) is 2.91. The number of nitrogens with two attached hydrogens (primary N) is 1. The van der Waals surface area contributed by atoms with E-state index in [-0.39, 0.29) is 0 Å². The lowest BCUT2D eigenvalue weighted by Gasteiger charge is -2.07. The summed E-state index contributed by atoms with van der Waals surface area (Å²) in [5, 5.41) is 0.869. The molecule has 1 aromatic rings. The second kappa shape index (κ2) is 3.74. The molecule has 60 valence electrons. The Bertz CT molecular complexity index is 226. The van der Waals surface area contributed by atoms with E-state index in [9.17, 15) is 0 Å². The van der Waals surface area contributed by atoms with Crippen LogP contribution in [0.2, 0.25) is 0 Å². The van der Waals surface area contributed by atoms with Gasteiger partial charge < -0.3 is 5.43 Å². The van der Waals surface area contributed by atoms with E-state index in [1.807, 2.05) is 19.1 Å². The minimum Gasteiger partial charge on any atom is -0.324 e. The lowest BCUT2D eigenvalue weighted by molar-refractivity contribution is 1.26. The molecule has 2 nitrogen and oxygen atoms in total. The first-order chi connectivity index (χ1) is 5.29. The number of nitrogen functional groups attached to an aromatic ring is 1. The van der Waals surface area contributed by atoms with Gasteiger partial charge in [0.25, 0.3) is 0 Å². The molecule has 0 aliphatic rings. The van der Waals surface area contributed by atoms with E-state index in [2.05, 4.69) is 27.4 Å². The number of hydrogen-bond donors (Lipinski definition) is 2. The van der Waals surface area contributed by atoms with Crippen molar-refractivity contribution >= 4 is 21.6 Å². The highest BCUT2D eigenvalue weighted by molar-refractivity contribution is 9.08. The van der Waals surface area contributed by atoms with Crippen molar-refractivity contribution in [3.8, 4) is 0 Å². The average molecular weight is 215 g/mol. The van der Waals surface area contributed by atoms with Crippen LogP contribution in [0.1, 0.15) is 11.1 Å². The number of hydrazine groups is 1. The summed E-state index contributed by atoms with van der Waals surface area (Å²) in [7, 11) is 0. The van der Waals surface area contributed by atoms with Crippen LogP contribution < -0.4 is 11.3 Å².